The van der Waals surface area contributed by atoms with Crippen LogP contribution in [0.15, 0.2) is 30.3 Å². The lowest BCUT2D eigenvalue weighted by Crippen LogP contribution is -2.34. The molecule has 0 saturated carbocycles. The molecule has 1 aliphatic heterocycles. The SMILES string of the molecule is Cn1c(C#N)ccc1-c1ccc2c(c1)C(C)(C)O[11C](=S)N2. The molecule has 21 heavy (non-hydrogen) atoms. The molecule has 3 rings (SSSR count). The molecule has 1 N–H and O–H groups in total. The van der Waals surface area contributed by atoms with Gasteiger partial charge in [0.15, 0.2) is 0 Å². The van der Waals surface area contributed by atoms with E-state index in [1.807, 2.05) is 49.7 Å². The average molecular weight is 296 g/mol. The van der Waals surface area contributed by atoms with Gasteiger partial charge in [0.2, 0.25) is 0 Å². The van der Waals surface area contributed by atoms with E-state index in [0.29, 0.717) is 10.9 Å². The van der Waals surface area contributed by atoms with E-state index in [-0.39, 0.29) is 0 Å². The number of benzene rings is 1. The van der Waals surface area contributed by atoms with Crippen molar-refractivity contribution in [2.45, 2.75) is 19.4 Å². The summed E-state index contributed by atoms with van der Waals surface area (Å²) in [6.45, 7) is 3.99. The minimum atomic E-state index is -0.475. The number of ether oxygens (including phenoxy) is 1. The largest absolute Gasteiger partial charge is 0.460 e. The minimum Gasteiger partial charge on any atom is -0.460 e. The van der Waals surface area contributed by atoms with Crippen LogP contribution in [0.4, 0.5) is 5.69 Å². The number of nitrogens with one attached hydrogen (secondary N) is 1. The highest BCUT2D eigenvalue weighted by atomic mass is 32.1. The summed E-state index contributed by atoms with van der Waals surface area (Å²) in [6, 6.07) is 12.1. The first-order valence-corrected chi connectivity index (χ1v) is 7.04. The second-order valence-corrected chi connectivity index (χ2v) is 5.93. The van der Waals surface area contributed by atoms with Crippen molar-refractivity contribution in [3.05, 3.63) is 41.6 Å². The van der Waals surface area contributed by atoms with Crippen molar-refractivity contribution >= 4 is 23.1 Å². The van der Waals surface area contributed by atoms with E-state index >= 15 is 0 Å². The van der Waals surface area contributed by atoms with E-state index in [2.05, 4.69) is 17.5 Å². The summed E-state index contributed by atoms with van der Waals surface area (Å²) in [5.41, 5.74) is 4.22. The molecule has 0 fully saturated rings. The van der Waals surface area contributed by atoms with Gasteiger partial charge in [-0.15, -0.1) is 0 Å². The fourth-order valence-electron chi connectivity index (χ4n) is 2.65. The van der Waals surface area contributed by atoms with Crippen molar-refractivity contribution in [2.24, 2.45) is 7.05 Å². The van der Waals surface area contributed by atoms with Crippen LogP contribution in [0.2, 0.25) is 0 Å². The Bertz CT molecular complexity index is 783. The zero-order valence-corrected chi connectivity index (χ0v) is 12.9. The quantitative estimate of drug-likeness (QED) is 0.818. The molecule has 5 heteroatoms. The Morgan fingerprint density at radius 1 is 1.29 bits per heavy atom. The topological polar surface area (TPSA) is 50.0 Å². The predicted molar refractivity (Wildman–Crippen MR) is 85.9 cm³/mol. The van der Waals surface area contributed by atoms with Crippen molar-refractivity contribution in [3.8, 4) is 17.3 Å². The Morgan fingerprint density at radius 2 is 2.05 bits per heavy atom. The number of aromatic nitrogens is 1. The first kappa shape index (κ1) is 13.7. The Kier molecular flexibility index (Phi) is 2.99. The smallest absolute Gasteiger partial charge is 0.262 e. The first-order chi connectivity index (χ1) is 9.92. The summed E-state index contributed by atoms with van der Waals surface area (Å²) in [7, 11) is 1.89. The highest BCUT2D eigenvalue weighted by Crippen LogP contribution is 2.38. The van der Waals surface area contributed by atoms with Crippen molar-refractivity contribution in [3.63, 3.8) is 0 Å². The van der Waals surface area contributed by atoms with Gasteiger partial charge in [0.05, 0.1) is 0 Å². The number of hydrogen-bond acceptors (Lipinski definition) is 3. The highest BCUT2D eigenvalue weighted by molar-refractivity contribution is 7.80. The van der Waals surface area contributed by atoms with Gasteiger partial charge in [0.25, 0.3) is 5.17 Å². The van der Waals surface area contributed by atoms with Crippen LogP contribution in [0.1, 0.15) is 25.1 Å². The van der Waals surface area contributed by atoms with Gasteiger partial charge < -0.3 is 14.6 Å². The standard InChI is InChI=1S/C16H15N3OS/c1-16(2)12-8-10(4-6-13(12)18-15(21)20-16)14-7-5-11(9-17)19(14)3/h4-8H,1-3H3,(H,18,21)/i15-1. The van der Waals surface area contributed by atoms with Crippen LogP contribution in [-0.2, 0) is 17.4 Å². The molecule has 2 heterocycles. The summed E-state index contributed by atoms with van der Waals surface area (Å²) in [6.07, 6.45) is 0. The molecule has 1 aliphatic rings. The second-order valence-electron chi connectivity index (χ2n) is 5.56. The van der Waals surface area contributed by atoms with Crippen LogP contribution in [0.5, 0.6) is 0 Å². The van der Waals surface area contributed by atoms with Gasteiger partial charge in [-0.05, 0) is 55.9 Å². The maximum atomic E-state index is 9.07. The lowest BCUT2D eigenvalue weighted by molar-refractivity contribution is 0.0947. The van der Waals surface area contributed by atoms with Crippen LogP contribution in [0, 0.1) is 11.3 Å². The summed E-state index contributed by atoms with van der Waals surface area (Å²) in [4.78, 5) is 0. The van der Waals surface area contributed by atoms with Gasteiger partial charge in [-0.25, -0.2) is 0 Å². The van der Waals surface area contributed by atoms with Gasteiger partial charge >= 0.3 is 0 Å². The van der Waals surface area contributed by atoms with E-state index in [9.17, 15) is 0 Å². The van der Waals surface area contributed by atoms with Gasteiger partial charge in [-0.2, -0.15) is 5.26 Å². The van der Waals surface area contributed by atoms with E-state index in [1.165, 1.54) is 0 Å². The van der Waals surface area contributed by atoms with Crippen molar-refractivity contribution in [1.82, 2.24) is 4.57 Å². The lowest BCUT2D eigenvalue weighted by atomic mass is 9.90. The predicted octanol–water partition coefficient (Wildman–Crippen LogP) is 3.53. The number of thiocarbonyl (C=S) groups is 1. The van der Waals surface area contributed by atoms with Crippen molar-refractivity contribution in [2.75, 3.05) is 5.32 Å². The van der Waals surface area contributed by atoms with Gasteiger partial charge in [0.1, 0.15) is 17.4 Å². The molecule has 0 spiro atoms. The zero-order valence-electron chi connectivity index (χ0n) is 12.1. The summed E-state index contributed by atoms with van der Waals surface area (Å²) in [5.74, 6) is 0. The molecule has 0 aliphatic carbocycles. The Balaban J connectivity index is 2.14. The Hall–Kier alpha value is -2.32. The molecular formula is C16H15N3OS. The van der Waals surface area contributed by atoms with Gasteiger partial charge in [-0.1, -0.05) is 6.07 Å². The lowest BCUT2D eigenvalue weighted by Gasteiger charge is -2.34. The van der Waals surface area contributed by atoms with E-state index in [0.717, 1.165) is 22.5 Å². The Labute approximate surface area is 129 Å². The molecule has 4 nitrogen and oxygen atoms in total. The maximum absolute atomic E-state index is 9.07. The zero-order chi connectivity index (χ0) is 15.2. The molecule has 0 amide bonds. The summed E-state index contributed by atoms with van der Waals surface area (Å²) >= 11 is 5.12. The fourth-order valence-corrected chi connectivity index (χ4v) is 2.96. The van der Waals surface area contributed by atoms with E-state index < -0.39 is 5.60 Å². The summed E-state index contributed by atoms with van der Waals surface area (Å²) < 4.78 is 7.59. The molecule has 0 atom stereocenters. The third kappa shape index (κ3) is 2.18. The highest BCUT2D eigenvalue weighted by Gasteiger charge is 2.32. The second kappa shape index (κ2) is 4.61. The average Bonchev–Trinajstić information content (AvgIpc) is 2.78. The third-order valence-corrected chi connectivity index (χ3v) is 3.97. The molecule has 0 bridgehead atoms. The molecule has 0 saturated heterocycles. The van der Waals surface area contributed by atoms with Crippen LogP contribution in [-0.4, -0.2) is 9.74 Å². The number of nitriles is 1. The molecule has 1 aromatic heterocycles. The molecule has 0 radical (unpaired) electrons. The molecule has 2 aromatic rings. The van der Waals surface area contributed by atoms with Crippen LogP contribution in [0.3, 0.4) is 0 Å². The molecule has 106 valence electrons. The monoisotopic (exact) mass is 296 g/mol. The fraction of sp³-hybridized carbons (Fsp3) is 0.250. The number of fused-ring (bicyclic) bond motifs is 1. The van der Waals surface area contributed by atoms with Gasteiger partial charge in [0, 0.05) is 24.0 Å². The molecule has 1 aromatic carbocycles. The van der Waals surface area contributed by atoms with Gasteiger partial charge in [-0.3, -0.25) is 0 Å². The third-order valence-electron chi connectivity index (χ3n) is 3.78. The van der Waals surface area contributed by atoms with Crippen LogP contribution < -0.4 is 5.32 Å². The number of nitrogens with zero attached hydrogens (tertiary/aromatic N) is 2. The number of rotatable bonds is 1. The van der Waals surface area contributed by atoms with Crippen LogP contribution in [0.25, 0.3) is 11.3 Å². The summed E-state index contributed by atoms with van der Waals surface area (Å²) in [5, 5.41) is 12.5. The van der Waals surface area contributed by atoms with Crippen LogP contribution >= 0.6 is 12.2 Å². The minimum absolute atomic E-state index is 0.394. The van der Waals surface area contributed by atoms with Crippen molar-refractivity contribution < 1.29 is 4.74 Å². The Morgan fingerprint density at radius 3 is 2.71 bits per heavy atom. The first-order valence-electron chi connectivity index (χ1n) is 6.63. The maximum Gasteiger partial charge on any atom is 0.262 e. The number of anilines is 1. The number of hydrogen-bond donors (Lipinski definition) is 1. The normalized spacial score (nSPS) is 15.6. The van der Waals surface area contributed by atoms with E-state index in [4.69, 9.17) is 22.2 Å². The molecular weight excluding hydrogens is 281 g/mol. The van der Waals surface area contributed by atoms with Crippen molar-refractivity contribution in [1.29, 1.82) is 5.26 Å². The molecule has 0 unspecified atom stereocenters. The van der Waals surface area contributed by atoms with E-state index in [1.54, 1.807) is 0 Å².